The summed E-state index contributed by atoms with van der Waals surface area (Å²) in [6, 6.07) is 7.70. The van der Waals surface area contributed by atoms with E-state index < -0.39 is 5.97 Å². The smallest absolute Gasteiger partial charge is 0.323 e. The molecule has 82 valence electrons. The lowest BCUT2D eigenvalue weighted by atomic mass is 10.2. The van der Waals surface area contributed by atoms with Gasteiger partial charge >= 0.3 is 5.97 Å². The van der Waals surface area contributed by atoms with E-state index in [9.17, 15) is 4.79 Å². The number of aromatic nitrogens is 2. The fourth-order valence-electron chi connectivity index (χ4n) is 1.37. The van der Waals surface area contributed by atoms with Gasteiger partial charge in [0.1, 0.15) is 6.54 Å². The molecule has 0 aliphatic rings. The third-order valence-electron chi connectivity index (χ3n) is 2.09. The highest BCUT2D eigenvalue weighted by atomic mass is 79.9. The van der Waals surface area contributed by atoms with E-state index >= 15 is 0 Å². The van der Waals surface area contributed by atoms with Crippen LogP contribution in [0.1, 0.15) is 0 Å². The van der Waals surface area contributed by atoms with Crippen LogP contribution in [0.5, 0.6) is 0 Å². The van der Waals surface area contributed by atoms with Gasteiger partial charge < -0.3 is 9.67 Å². The average molecular weight is 281 g/mol. The molecule has 0 unspecified atom stereocenters. The number of halogens is 1. The van der Waals surface area contributed by atoms with Crippen LogP contribution in [0.3, 0.4) is 0 Å². The Morgan fingerprint density at radius 1 is 1.38 bits per heavy atom. The Morgan fingerprint density at radius 3 is 2.69 bits per heavy atom. The van der Waals surface area contributed by atoms with Crippen molar-refractivity contribution in [2.24, 2.45) is 0 Å². The van der Waals surface area contributed by atoms with Gasteiger partial charge in [0, 0.05) is 16.2 Å². The Kier molecular flexibility index (Phi) is 3.05. The van der Waals surface area contributed by atoms with E-state index in [1.54, 1.807) is 10.8 Å². The lowest BCUT2D eigenvalue weighted by molar-refractivity contribution is -0.137. The summed E-state index contributed by atoms with van der Waals surface area (Å²) in [4.78, 5) is 14.7. The number of benzene rings is 1. The maximum atomic E-state index is 10.5. The van der Waals surface area contributed by atoms with Crippen LogP contribution in [-0.2, 0) is 11.3 Å². The van der Waals surface area contributed by atoms with E-state index in [-0.39, 0.29) is 6.54 Å². The highest BCUT2D eigenvalue weighted by Crippen LogP contribution is 2.19. The summed E-state index contributed by atoms with van der Waals surface area (Å²) in [6.45, 7) is -0.0659. The van der Waals surface area contributed by atoms with Crippen LogP contribution in [0, 0.1) is 0 Å². The molecule has 0 aliphatic heterocycles. The fourth-order valence-corrected chi connectivity index (χ4v) is 1.64. The molecule has 0 amide bonds. The van der Waals surface area contributed by atoms with E-state index in [1.807, 2.05) is 24.3 Å². The largest absolute Gasteiger partial charge is 0.480 e. The van der Waals surface area contributed by atoms with Crippen molar-refractivity contribution in [1.29, 1.82) is 0 Å². The maximum absolute atomic E-state index is 10.5. The number of hydrogen-bond donors (Lipinski definition) is 1. The van der Waals surface area contributed by atoms with Crippen molar-refractivity contribution in [2.45, 2.75) is 6.54 Å². The lowest BCUT2D eigenvalue weighted by Crippen LogP contribution is -2.06. The molecule has 0 saturated carbocycles. The summed E-state index contributed by atoms with van der Waals surface area (Å²) in [6.07, 6.45) is 3.24. The Bertz CT molecular complexity index is 505. The summed E-state index contributed by atoms with van der Waals surface area (Å²) in [7, 11) is 0. The average Bonchev–Trinajstić information content (AvgIpc) is 2.66. The normalized spacial score (nSPS) is 10.3. The first kappa shape index (κ1) is 10.9. The molecule has 1 aromatic heterocycles. The molecule has 5 heteroatoms. The number of carbonyl (C=O) groups is 1. The summed E-state index contributed by atoms with van der Waals surface area (Å²) in [5, 5.41) is 8.63. The molecule has 1 aromatic carbocycles. The van der Waals surface area contributed by atoms with Crippen LogP contribution < -0.4 is 0 Å². The zero-order valence-corrected chi connectivity index (χ0v) is 9.89. The van der Waals surface area contributed by atoms with Gasteiger partial charge in [0.2, 0.25) is 0 Å². The Morgan fingerprint density at radius 2 is 2.06 bits per heavy atom. The third-order valence-corrected chi connectivity index (χ3v) is 2.62. The van der Waals surface area contributed by atoms with Crippen molar-refractivity contribution in [3.63, 3.8) is 0 Å². The van der Waals surface area contributed by atoms with Crippen molar-refractivity contribution < 1.29 is 9.90 Å². The second kappa shape index (κ2) is 4.49. The van der Waals surface area contributed by atoms with E-state index in [0.717, 1.165) is 15.7 Å². The van der Waals surface area contributed by atoms with Gasteiger partial charge in [0.25, 0.3) is 0 Å². The van der Waals surface area contributed by atoms with Crippen molar-refractivity contribution >= 4 is 21.9 Å². The van der Waals surface area contributed by atoms with E-state index in [0.29, 0.717) is 0 Å². The van der Waals surface area contributed by atoms with Crippen molar-refractivity contribution in [1.82, 2.24) is 9.55 Å². The summed E-state index contributed by atoms with van der Waals surface area (Å²) >= 11 is 3.35. The summed E-state index contributed by atoms with van der Waals surface area (Å²) in [5.74, 6) is -0.875. The third kappa shape index (κ3) is 2.49. The van der Waals surface area contributed by atoms with Crippen molar-refractivity contribution in [3.8, 4) is 11.3 Å². The van der Waals surface area contributed by atoms with Crippen LogP contribution >= 0.6 is 15.9 Å². The Balaban J connectivity index is 2.24. The van der Waals surface area contributed by atoms with Gasteiger partial charge in [-0.05, 0) is 12.1 Å². The number of rotatable bonds is 3. The van der Waals surface area contributed by atoms with Crippen LogP contribution in [0.2, 0.25) is 0 Å². The molecule has 1 N–H and O–H groups in total. The molecule has 4 nitrogen and oxygen atoms in total. The molecule has 0 bridgehead atoms. The molecule has 16 heavy (non-hydrogen) atoms. The Labute approximate surface area is 101 Å². The molecule has 0 saturated heterocycles. The van der Waals surface area contributed by atoms with Gasteiger partial charge in [0.05, 0.1) is 12.0 Å². The van der Waals surface area contributed by atoms with Crippen LogP contribution in [0.25, 0.3) is 11.3 Å². The number of carboxylic acid groups (broad SMARTS) is 1. The van der Waals surface area contributed by atoms with Gasteiger partial charge in [-0.2, -0.15) is 0 Å². The molecule has 0 radical (unpaired) electrons. The number of hydrogen-bond acceptors (Lipinski definition) is 2. The van der Waals surface area contributed by atoms with Gasteiger partial charge in [0.15, 0.2) is 0 Å². The highest BCUT2D eigenvalue weighted by molar-refractivity contribution is 9.10. The van der Waals surface area contributed by atoms with Gasteiger partial charge in [-0.15, -0.1) is 0 Å². The van der Waals surface area contributed by atoms with Crippen LogP contribution in [-0.4, -0.2) is 20.6 Å². The maximum Gasteiger partial charge on any atom is 0.323 e. The molecule has 2 aromatic rings. The van der Waals surface area contributed by atoms with Crippen LogP contribution in [0.15, 0.2) is 41.3 Å². The zero-order chi connectivity index (χ0) is 11.5. The molecule has 1 heterocycles. The molecule has 0 fully saturated rings. The first-order valence-electron chi connectivity index (χ1n) is 4.64. The SMILES string of the molecule is O=C(O)Cn1cnc(-c2ccc(Br)cc2)c1. The van der Waals surface area contributed by atoms with Gasteiger partial charge in [-0.1, -0.05) is 28.1 Å². The first-order valence-corrected chi connectivity index (χ1v) is 5.44. The lowest BCUT2D eigenvalue weighted by Gasteiger charge is -1.96. The topological polar surface area (TPSA) is 55.1 Å². The predicted octanol–water partition coefficient (Wildman–Crippen LogP) is 2.40. The Hall–Kier alpha value is -1.62. The molecule has 2 rings (SSSR count). The molecular formula is C11H9BrN2O2. The van der Waals surface area contributed by atoms with Gasteiger partial charge in [-0.25, -0.2) is 4.98 Å². The second-order valence-electron chi connectivity index (χ2n) is 3.33. The van der Waals surface area contributed by atoms with E-state index in [1.165, 1.54) is 6.33 Å². The minimum atomic E-state index is -0.875. The number of nitrogens with zero attached hydrogens (tertiary/aromatic N) is 2. The van der Waals surface area contributed by atoms with Crippen LogP contribution in [0.4, 0.5) is 0 Å². The second-order valence-corrected chi connectivity index (χ2v) is 4.25. The quantitative estimate of drug-likeness (QED) is 0.939. The number of aliphatic carboxylic acids is 1. The number of imidazole rings is 1. The molecule has 0 aliphatic carbocycles. The number of carboxylic acids is 1. The standard InChI is InChI=1S/C11H9BrN2O2/c12-9-3-1-8(2-4-9)10-5-14(7-13-10)6-11(15)16/h1-5,7H,6H2,(H,15,16). The molecule has 0 atom stereocenters. The highest BCUT2D eigenvalue weighted by Gasteiger charge is 2.04. The van der Waals surface area contributed by atoms with Crippen molar-refractivity contribution in [2.75, 3.05) is 0 Å². The minimum Gasteiger partial charge on any atom is -0.480 e. The van der Waals surface area contributed by atoms with Crippen molar-refractivity contribution in [3.05, 3.63) is 41.3 Å². The monoisotopic (exact) mass is 280 g/mol. The molecule has 0 spiro atoms. The van der Waals surface area contributed by atoms with E-state index in [4.69, 9.17) is 5.11 Å². The first-order chi connectivity index (χ1) is 7.65. The predicted molar refractivity (Wildman–Crippen MR) is 63.0 cm³/mol. The minimum absolute atomic E-state index is 0.0659. The van der Waals surface area contributed by atoms with Gasteiger partial charge in [-0.3, -0.25) is 4.79 Å². The van der Waals surface area contributed by atoms with E-state index in [2.05, 4.69) is 20.9 Å². The fraction of sp³-hybridized carbons (Fsp3) is 0.0909. The zero-order valence-electron chi connectivity index (χ0n) is 8.30. The summed E-state index contributed by atoms with van der Waals surface area (Å²) < 4.78 is 2.54. The molecular weight excluding hydrogens is 272 g/mol. The summed E-state index contributed by atoms with van der Waals surface area (Å²) in [5.41, 5.74) is 1.74.